The molecule has 1 heterocycles. The third-order valence-corrected chi connectivity index (χ3v) is 1.49. The molecular weight excluding hydrogens is 150 g/mol. The van der Waals surface area contributed by atoms with E-state index in [2.05, 4.69) is 20.6 Å². The fraction of sp³-hybridized carbons (Fsp3) is 0.500. The van der Waals surface area contributed by atoms with Gasteiger partial charge in [-0.15, -0.1) is 10.2 Å². The average molecular weight is 157 g/mol. The van der Waals surface area contributed by atoms with Crippen molar-refractivity contribution in [2.45, 2.75) is 0 Å². The lowest BCUT2D eigenvalue weighted by molar-refractivity contribution is 0.631. The molecule has 1 N–H and O–H groups in total. The van der Waals surface area contributed by atoms with Crippen molar-refractivity contribution in [2.24, 2.45) is 0 Å². The molecule has 54 valence electrons. The van der Waals surface area contributed by atoms with E-state index in [1.165, 1.54) is 0 Å². The maximum absolute atomic E-state index is 4.94. The number of nitrogens with one attached hydrogen (secondary N) is 1. The predicted octanol–water partition coefficient (Wildman–Crippen LogP) is -0.563. The first kappa shape index (κ1) is 7.07. The third kappa shape index (κ3) is 1.27. The summed E-state index contributed by atoms with van der Waals surface area (Å²) in [6, 6.07) is 0. The number of hydrogen-bond donors (Lipinski definition) is 1. The minimum Gasteiger partial charge on any atom is -0.366 e. The Labute approximate surface area is 63.4 Å². The van der Waals surface area contributed by atoms with Crippen LogP contribution >= 0.6 is 12.2 Å². The van der Waals surface area contributed by atoms with Gasteiger partial charge in [-0.25, -0.2) is 0 Å². The van der Waals surface area contributed by atoms with Gasteiger partial charge in [-0.3, -0.25) is 0 Å². The van der Waals surface area contributed by atoms with E-state index in [0.717, 1.165) is 0 Å². The normalized spacial score (nSPS) is 9.40. The van der Waals surface area contributed by atoms with E-state index < -0.39 is 0 Å². The van der Waals surface area contributed by atoms with E-state index in [4.69, 9.17) is 12.2 Å². The SMILES string of the molecule is CN(C)C(=S)c1nn[nH]n1. The van der Waals surface area contributed by atoms with Crippen molar-refractivity contribution >= 4 is 17.2 Å². The molecule has 0 spiro atoms. The van der Waals surface area contributed by atoms with Crippen LogP contribution in [0.15, 0.2) is 0 Å². The van der Waals surface area contributed by atoms with Crippen molar-refractivity contribution in [1.29, 1.82) is 0 Å². The van der Waals surface area contributed by atoms with Crippen molar-refractivity contribution in [3.63, 3.8) is 0 Å². The zero-order valence-corrected chi connectivity index (χ0v) is 6.51. The standard InChI is InChI=1S/C4H7N5S/c1-9(2)4(10)3-5-7-8-6-3/h1-2H3,(H,5,6,7,8). The minimum atomic E-state index is 0.458. The Morgan fingerprint density at radius 1 is 1.60 bits per heavy atom. The number of H-pyrrole nitrogens is 1. The second-order valence-corrected chi connectivity index (χ2v) is 2.32. The molecule has 1 aromatic heterocycles. The Kier molecular flexibility index (Phi) is 1.91. The monoisotopic (exact) mass is 157 g/mol. The highest BCUT2D eigenvalue weighted by molar-refractivity contribution is 7.80. The first-order valence-corrected chi connectivity index (χ1v) is 3.07. The molecule has 0 amide bonds. The first-order valence-electron chi connectivity index (χ1n) is 2.67. The summed E-state index contributed by atoms with van der Waals surface area (Å²) >= 11 is 4.94. The maximum atomic E-state index is 4.94. The van der Waals surface area contributed by atoms with E-state index in [1.807, 2.05) is 14.1 Å². The third-order valence-electron chi connectivity index (χ3n) is 0.943. The van der Waals surface area contributed by atoms with Gasteiger partial charge in [0.05, 0.1) is 0 Å². The van der Waals surface area contributed by atoms with Crippen LogP contribution in [0.5, 0.6) is 0 Å². The molecule has 6 heteroatoms. The Morgan fingerprint density at radius 2 is 2.30 bits per heavy atom. The van der Waals surface area contributed by atoms with Crippen LogP contribution in [0.1, 0.15) is 5.82 Å². The molecule has 0 bridgehead atoms. The highest BCUT2D eigenvalue weighted by atomic mass is 32.1. The van der Waals surface area contributed by atoms with Crippen LogP contribution in [0.3, 0.4) is 0 Å². The highest BCUT2D eigenvalue weighted by Crippen LogP contribution is 1.91. The molecule has 0 aromatic carbocycles. The predicted molar refractivity (Wildman–Crippen MR) is 39.6 cm³/mol. The summed E-state index contributed by atoms with van der Waals surface area (Å²) in [5.41, 5.74) is 0. The Hall–Kier alpha value is -1.04. The van der Waals surface area contributed by atoms with Crippen molar-refractivity contribution in [3.05, 3.63) is 5.82 Å². The van der Waals surface area contributed by atoms with Gasteiger partial charge in [0.25, 0.3) is 0 Å². The number of aromatic nitrogens is 4. The van der Waals surface area contributed by atoms with Crippen LogP contribution < -0.4 is 0 Å². The molecule has 0 unspecified atom stereocenters. The molecule has 0 saturated heterocycles. The largest absolute Gasteiger partial charge is 0.366 e. The molecule has 0 atom stereocenters. The molecular formula is C4H7N5S. The topological polar surface area (TPSA) is 57.7 Å². The zero-order valence-electron chi connectivity index (χ0n) is 5.70. The zero-order chi connectivity index (χ0) is 7.56. The van der Waals surface area contributed by atoms with Crippen LogP contribution in [-0.2, 0) is 0 Å². The smallest absolute Gasteiger partial charge is 0.231 e. The van der Waals surface area contributed by atoms with Crippen LogP contribution in [-0.4, -0.2) is 44.6 Å². The van der Waals surface area contributed by atoms with Gasteiger partial charge in [-0.2, -0.15) is 5.21 Å². The van der Waals surface area contributed by atoms with Crippen LogP contribution in [0, 0.1) is 0 Å². The number of rotatable bonds is 1. The molecule has 0 aliphatic rings. The van der Waals surface area contributed by atoms with Gasteiger partial charge in [0.1, 0.15) is 4.99 Å². The van der Waals surface area contributed by atoms with Gasteiger partial charge in [0, 0.05) is 14.1 Å². The number of nitrogens with zero attached hydrogens (tertiary/aromatic N) is 4. The van der Waals surface area contributed by atoms with Gasteiger partial charge < -0.3 is 4.90 Å². The van der Waals surface area contributed by atoms with Crippen molar-refractivity contribution < 1.29 is 0 Å². The lowest BCUT2D eigenvalue weighted by Gasteiger charge is -2.08. The second kappa shape index (κ2) is 2.70. The van der Waals surface area contributed by atoms with Crippen molar-refractivity contribution in [1.82, 2.24) is 25.5 Å². The quantitative estimate of drug-likeness (QED) is 0.554. The molecule has 0 fully saturated rings. The molecule has 0 saturated carbocycles. The summed E-state index contributed by atoms with van der Waals surface area (Å²) in [6.07, 6.45) is 0. The molecule has 0 aliphatic carbocycles. The molecule has 10 heavy (non-hydrogen) atoms. The summed E-state index contributed by atoms with van der Waals surface area (Å²) in [7, 11) is 3.66. The van der Waals surface area contributed by atoms with Gasteiger partial charge >= 0.3 is 0 Å². The Balaban J connectivity index is 2.78. The summed E-state index contributed by atoms with van der Waals surface area (Å²) in [5, 5.41) is 13.1. The van der Waals surface area contributed by atoms with E-state index in [1.54, 1.807) is 4.90 Å². The van der Waals surface area contributed by atoms with Crippen LogP contribution in [0.25, 0.3) is 0 Å². The summed E-state index contributed by atoms with van der Waals surface area (Å²) in [5.74, 6) is 0.458. The molecule has 1 aromatic rings. The lowest BCUT2D eigenvalue weighted by atomic mass is 10.6. The van der Waals surface area contributed by atoms with Crippen LogP contribution in [0.4, 0.5) is 0 Å². The molecule has 5 nitrogen and oxygen atoms in total. The number of aromatic amines is 1. The highest BCUT2D eigenvalue weighted by Gasteiger charge is 2.06. The van der Waals surface area contributed by atoms with Gasteiger partial charge in [-0.05, 0) is 5.21 Å². The van der Waals surface area contributed by atoms with Crippen molar-refractivity contribution in [3.8, 4) is 0 Å². The number of tetrazole rings is 1. The summed E-state index contributed by atoms with van der Waals surface area (Å²) in [4.78, 5) is 2.33. The summed E-state index contributed by atoms with van der Waals surface area (Å²) < 4.78 is 0. The number of hydrogen-bond acceptors (Lipinski definition) is 4. The van der Waals surface area contributed by atoms with Crippen molar-refractivity contribution in [2.75, 3.05) is 14.1 Å². The average Bonchev–Trinajstić information content (AvgIpc) is 2.36. The fourth-order valence-electron chi connectivity index (χ4n) is 0.452. The Bertz CT molecular complexity index is 216. The lowest BCUT2D eigenvalue weighted by Crippen LogP contribution is -2.21. The maximum Gasteiger partial charge on any atom is 0.231 e. The van der Waals surface area contributed by atoms with E-state index in [0.29, 0.717) is 10.8 Å². The van der Waals surface area contributed by atoms with Gasteiger partial charge in [-0.1, -0.05) is 12.2 Å². The van der Waals surface area contributed by atoms with E-state index in [-0.39, 0.29) is 0 Å². The molecule has 0 radical (unpaired) electrons. The first-order chi connectivity index (χ1) is 4.72. The molecule has 1 rings (SSSR count). The summed E-state index contributed by atoms with van der Waals surface area (Å²) in [6.45, 7) is 0. The minimum absolute atomic E-state index is 0.458. The fourth-order valence-corrected chi connectivity index (χ4v) is 0.539. The molecule has 0 aliphatic heterocycles. The van der Waals surface area contributed by atoms with Gasteiger partial charge in [0.2, 0.25) is 5.82 Å². The Morgan fingerprint density at radius 3 is 2.70 bits per heavy atom. The second-order valence-electron chi connectivity index (χ2n) is 1.93. The van der Waals surface area contributed by atoms with E-state index in [9.17, 15) is 0 Å². The van der Waals surface area contributed by atoms with Gasteiger partial charge in [0.15, 0.2) is 0 Å². The number of thiocarbonyl (C=S) groups is 1. The van der Waals surface area contributed by atoms with Crippen LogP contribution in [0.2, 0.25) is 0 Å². The van der Waals surface area contributed by atoms with E-state index >= 15 is 0 Å².